The quantitative estimate of drug-likeness (QED) is 0.808. The van der Waals surface area contributed by atoms with Crippen LogP contribution in [0.5, 0.6) is 0 Å². The number of fused-ring (bicyclic) bond motifs is 1. The van der Waals surface area contributed by atoms with Crippen molar-refractivity contribution in [2.75, 3.05) is 5.32 Å². The number of amides is 1. The van der Waals surface area contributed by atoms with Crippen LogP contribution in [-0.2, 0) is 11.8 Å². The van der Waals surface area contributed by atoms with E-state index in [9.17, 15) is 4.79 Å². The zero-order chi connectivity index (χ0) is 12.0. The largest absolute Gasteiger partial charge is 0.334 e. The fourth-order valence-corrected chi connectivity index (χ4v) is 1.83. The Balaban J connectivity index is 1.88. The van der Waals surface area contributed by atoms with Gasteiger partial charge in [-0.1, -0.05) is 0 Å². The van der Waals surface area contributed by atoms with E-state index in [1.807, 2.05) is 29.8 Å². The Morgan fingerprint density at radius 3 is 3.00 bits per heavy atom. The van der Waals surface area contributed by atoms with Crippen LogP contribution in [0.3, 0.4) is 0 Å². The first kappa shape index (κ1) is 10.3. The molecule has 0 unspecified atom stereocenters. The molecular formula is C12H14N4O. The average molecular weight is 230 g/mol. The second-order valence-corrected chi connectivity index (χ2v) is 4.67. The maximum atomic E-state index is 11.8. The van der Waals surface area contributed by atoms with Crippen molar-refractivity contribution in [3.05, 3.63) is 24.5 Å². The number of anilines is 1. The molecule has 1 aliphatic carbocycles. The van der Waals surface area contributed by atoms with E-state index < -0.39 is 5.54 Å². The highest BCUT2D eigenvalue weighted by molar-refractivity contribution is 6.01. The second-order valence-electron chi connectivity index (χ2n) is 4.67. The summed E-state index contributed by atoms with van der Waals surface area (Å²) in [6, 6.07) is 5.67. The number of carbonyl (C=O) groups is 1. The Hall–Kier alpha value is -1.88. The summed E-state index contributed by atoms with van der Waals surface area (Å²) in [5, 5.41) is 2.83. The predicted molar refractivity (Wildman–Crippen MR) is 65.5 cm³/mol. The Kier molecular flexibility index (Phi) is 2.00. The standard InChI is InChI=1S/C12H14N4O/c1-16-7-14-9-6-8(2-3-10(9)16)15-11(17)12(13)4-5-12/h2-3,6-7H,4-5,13H2,1H3,(H,15,17). The number of benzene rings is 1. The van der Waals surface area contributed by atoms with Gasteiger partial charge in [0, 0.05) is 12.7 Å². The van der Waals surface area contributed by atoms with Gasteiger partial charge in [-0.25, -0.2) is 4.98 Å². The molecule has 88 valence electrons. The first-order chi connectivity index (χ1) is 8.08. The fraction of sp³-hybridized carbons (Fsp3) is 0.333. The predicted octanol–water partition coefficient (Wildman–Crippen LogP) is 1.00. The zero-order valence-corrected chi connectivity index (χ0v) is 9.60. The third-order valence-electron chi connectivity index (χ3n) is 3.22. The molecular weight excluding hydrogens is 216 g/mol. The highest BCUT2D eigenvalue weighted by atomic mass is 16.2. The van der Waals surface area contributed by atoms with E-state index in [1.165, 1.54) is 0 Å². The molecule has 0 spiro atoms. The number of nitrogens with zero attached hydrogens (tertiary/aromatic N) is 2. The van der Waals surface area contributed by atoms with Crippen LogP contribution in [-0.4, -0.2) is 21.0 Å². The van der Waals surface area contributed by atoms with Gasteiger partial charge in [0.1, 0.15) is 0 Å². The third kappa shape index (κ3) is 1.68. The molecule has 1 saturated carbocycles. The molecule has 0 bridgehead atoms. The van der Waals surface area contributed by atoms with Crippen molar-refractivity contribution in [3.8, 4) is 0 Å². The van der Waals surface area contributed by atoms with E-state index in [-0.39, 0.29) is 5.91 Å². The number of aromatic nitrogens is 2. The average Bonchev–Trinajstić information content (AvgIpc) is 2.96. The first-order valence-electron chi connectivity index (χ1n) is 5.60. The van der Waals surface area contributed by atoms with Crippen LogP contribution in [0.15, 0.2) is 24.5 Å². The molecule has 0 saturated heterocycles. The Bertz CT molecular complexity index is 598. The summed E-state index contributed by atoms with van der Waals surface area (Å²) in [6.07, 6.45) is 3.29. The summed E-state index contributed by atoms with van der Waals surface area (Å²) >= 11 is 0. The Morgan fingerprint density at radius 2 is 2.29 bits per heavy atom. The molecule has 3 rings (SSSR count). The molecule has 5 nitrogen and oxygen atoms in total. The molecule has 1 aliphatic rings. The maximum absolute atomic E-state index is 11.8. The van der Waals surface area contributed by atoms with Gasteiger partial charge >= 0.3 is 0 Å². The van der Waals surface area contributed by atoms with Crippen LogP contribution in [0.2, 0.25) is 0 Å². The molecule has 0 radical (unpaired) electrons. The van der Waals surface area contributed by atoms with Gasteiger partial charge in [-0.3, -0.25) is 4.79 Å². The summed E-state index contributed by atoms with van der Waals surface area (Å²) in [6.45, 7) is 0. The maximum Gasteiger partial charge on any atom is 0.244 e. The number of aryl methyl sites for hydroxylation is 1. The normalized spacial score (nSPS) is 17.1. The Morgan fingerprint density at radius 1 is 1.53 bits per heavy atom. The van der Waals surface area contributed by atoms with E-state index in [0.29, 0.717) is 0 Å². The molecule has 3 N–H and O–H groups in total. The number of imidazole rings is 1. The third-order valence-corrected chi connectivity index (χ3v) is 3.22. The van der Waals surface area contributed by atoms with Crippen molar-refractivity contribution < 1.29 is 4.79 Å². The van der Waals surface area contributed by atoms with Crippen molar-refractivity contribution in [1.29, 1.82) is 0 Å². The van der Waals surface area contributed by atoms with E-state index in [0.717, 1.165) is 29.6 Å². The first-order valence-corrected chi connectivity index (χ1v) is 5.60. The van der Waals surface area contributed by atoms with Gasteiger partial charge in [-0.15, -0.1) is 0 Å². The SMILES string of the molecule is Cn1cnc2cc(NC(=O)C3(N)CC3)ccc21. The van der Waals surface area contributed by atoms with E-state index in [2.05, 4.69) is 10.3 Å². The topological polar surface area (TPSA) is 72.9 Å². The van der Waals surface area contributed by atoms with Crippen molar-refractivity contribution in [2.45, 2.75) is 18.4 Å². The highest BCUT2D eigenvalue weighted by Gasteiger charge is 2.45. The number of nitrogens with two attached hydrogens (primary N) is 1. The van der Waals surface area contributed by atoms with E-state index in [4.69, 9.17) is 5.73 Å². The van der Waals surface area contributed by atoms with Gasteiger partial charge in [0.2, 0.25) is 5.91 Å². The fourth-order valence-electron chi connectivity index (χ4n) is 1.83. The lowest BCUT2D eigenvalue weighted by Crippen LogP contribution is -2.37. The molecule has 1 fully saturated rings. The van der Waals surface area contributed by atoms with Crippen LogP contribution in [0, 0.1) is 0 Å². The highest BCUT2D eigenvalue weighted by Crippen LogP contribution is 2.33. The van der Waals surface area contributed by atoms with Crippen LogP contribution in [0.4, 0.5) is 5.69 Å². The van der Waals surface area contributed by atoms with Gasteiger partial charge in [-0.2, -0.15) is 0 Å². The van der Waals surface area contributed by atoms with E-state index in [1.54, 1.807) is 6.33 Å². The molecule has 17 heavy (non-hydrogen) atoms. The van der Waals surface area contributed by atoms with Crippen LogP contribution in [0.1, 0.15) is 12.8 Å². The molecule has 5 heteroatoms. The van der Waals surface area contributed by atoms with Crippen molar-refractivity contribution >= 4 is 22.6 Å². The van der Waals surface area contributed by atoms with Gasteiger partial charge in [-0.05, 0) is 31.0 Å². The van der Waals surface area contributed by atoms with Crippen molar-refractivity contribution in [3.63, 3.8) is 0 Å². The lowest BCUT2D eigenvalue weighted by atomic mass is 10.2. The van der Waals surface area contributed by atoms with Crippen molar-refractivity contribution in [2.24, 2.45) is 12.8 Å². The second kappa shape index (κ2) is 3.30. The number of carbonyl (C=O) groups excluding carboxylic acids is 1. The number of hydrogen-bond donors (Lipinski definition) is 2. The molecule has 0 atom stereocenters. The number of hydrogen-bond acceptors (Lipinski definition) is 3. The number of nitrogens with one attached hydrogen (secondary N) is 1. The Labute approximate surface area is 98.6 Å². The molecule has 1 amide bonds. The lowest BCUT2D eigenvalue weighted by Gasteiger charge is -2.09. The minimum atomic E-state index is -0.640. The molecule has 1 aromatic carbocycles. The molecule has 0 aliphatic heterocycles. The smallest absolute Gasteiger partial charge is 0.244 e. The molecule has 1 heterocycles. The minimum absolute atomic E-state index is 0.104. The van der Waals surface area contributed by atoms with Crippen molar-refractivity contribution in [1.82, 2.24) is 9.55 Å². The zero-order valence-electron chi connectivity index (χ0n) is 9.60. The lowest BCUT2D eigenvalue weighted by molar-refractivity contribution is -0.118. The summed E-state index contributed by atoms with van der Waals surface area (Å²) in [5.41, 5.74) is 7.84. The van der Waals surface area contributed by atoms with Gasteiger partial charge in [0.05, 0.1) is 22.9 Å². The summed E-state index contributed by atoms with van der Waals surface area (Å²) < 4.78 is 1.94. The summed E-state index contributed by atoms with van der Waals surface area (Å²) in [4.78, 5) is 16.0. The van der Waals surface area contributed by atoms with Gasteiger partial charge in [0.15, 0.2) is 0 Å². The van der Waals surface area contributed by atoms with Crippen LogP contribution in [0.25, 0.3) is 11.0 Å². The van der Waals surface area contributed by atoms with Crippen LogP contribution < -0.4 is 11.1 Å². The van der Waals surface area contributed by atoms with Crippen LogP contribution >= 0.6 is 0 Å². The van der Waals surface area contributed by atoms with Gasteiger partial charge < -0.3 is 15.6 Å². The molecule has 2 aromatic rings. The van der Waals surface area contributed by atoms with Gasteiger partial charge in [0.25, 0.3) is 0 Å². The minimum Gasteiger partial charge on any atom is -0.334 e. The van der Waals surface area contributed by atoms with E-state index >= 15 is 0 Å². The molecule has 1 aromatic heterocycles. The number of rotatable bonds is 2. The summed E-state index contributed by atoms with van der Waals surface area (Å²) in [5.74, 6) is -0.104. The monoisotopic (exact) mass is 230 g/mol. The summed E-state index contributed by atoms with van der Waals surface area (Å²) in [7, 11) is 1.94.